The molecule has 0 amide bonds. The number of para-hydroxylation sites is 2. The summed E-state index contributed by atoms with van der Waals surface area (Å²) in [6.07, 6.45) is 0. The summed E-state index contributed by atoms with van der Waals surface area (Å²) < 4.78 is 13.7. The Kier molecular flexibility index (Phi) is 5.03. The van der Waals surface area contributed by atoms with Crippen LogP contribution in [0, 0.1) is 11.3 Å². The molecule has 0 aliphatic carbocycles. The first-order chi connectivity index (χ1) is 23.7. The maximum atomic E-state index is 9.61. The molecule has 4 heterocycles. The zero-order valence-electron chi connectivity index (χ0n) is 25.4. The highest BCUT2D eigenvalue weighted by molar-refractivity contribution is 7.26. The molecule has 0 spiro atoms. The van der Waals surface area contributed by atoms with E-state index >= 15 is 0 Å². The molecular weight excluding hydrogens is 607 g/mol. The fraction of sp³-hybridized carbons (Fsp3) is 0. The Morgan fingerprint density at radius 3 is 1.81 bits per heavy atom. The summed E-state index contributed by atoms with van der Waals surface area (Å²) in [5, 5.41) is 19.1. The lowest BCUT2D eigenvalue weighted by molar-refractivity contribution is 0.669. The van der Waals surface area contributed by atoms with Crippen molar-refractivity contribution in [3.8, 4) is 17.4 Å². The Balaban J connectivity index is 1.18. The predicted octanol–water partition coefficient (Wildman–Crippen LogP) is 12.0. The number of rotatable bonds is 2. The van der Waals surface area contributed by atoms with Gasteiger partial charge in [0.2, 0.25) is 0 Å². The molecular formula is C43H23N3OS. The molecule has 11 aromatic rings. The van der Waals surface area contributed by atoms with Gasteiger partial charge in [-0.25, -0.2) is 0 Å². The van der Waals surface area contributed by atoms with Crippen LogP contribution in [0.1, 0.15) is 5.56 Å². The van der Waals surface area contributed by atoms with E-state index in [-0.39, 0.29) is 0 Å². The maximum Gasteiger partial charge on any atom is 0.135 e. The molecule has 4 nitrogen and oxygen atoms in total. The standard InChI is InChI=1S/C43H23N3OS/c44-24-25-13-16-36-31(21-25)28-7-1-4-10-34(28)45(36)26-14-18-38-32(22-26)33-23-27(15-19-39(33)47-38)46-35-11-5-2-8-29(35)42-37(46)17-20-41-43(42)30-9-3-6-12-40(30)48-41/h1-23H. The van der Waals surface area contributed by atoms with Gasteiger partial charge in [-0.05, 0) is 84.9 Å². The van der Waals surface area contributed by atoms with Gasteiger partial charge in [-0.1, -0.05) is 54.6 Å². The molecule has 222 valence electrons. The Morgan fingerprint density at radius 2 is 1.06 bits per heavy atom. The van der Waals surface area contributed by atoms with Crippen LogP contribution >= 0.6 is 11.3 Å². The molecule has 11 rings (SSSR count). The summed E-state index contributed by atoms with van der Waals surface area (Å²) in [6.45, 7) is 0. The lowest BCUT2D eigenvalue weighted by atomic mass is 10.1. The van der Waals surface area contributed by atoms with Crippen molar-refractivity contribution in [2.45, 2.75) is 0 Å². The molecule has 0 atom stereocenters. The largest absolute Gasteiger partial charge is 0.456 e. The third-order valence-corrected chi connectivity index (χ3v) is 11.1. The summed E-state index contributed by atoms with van der Waals surface area (Å²) in [4.78, 5) is 0. The first kappa shape index (κ1) is 25.8. The highest BCUT2D eigenvalue weighted by atomic mass is 32.1. The highest BCUT2D eigenvalue weighted by Gasteiger charge is 2.19. The molecule has 0 aliphatic rings. The van der Waals surface area contributed by atoms with Crippen LogP contribution < -0.4 is 0 Å². The lowest BCUT2D eigenvalue weighted by Crippen LogP contribution is -1.94. The van der Waals surface area contributed by atoms with Crippen LogP contribution in [0.3, 0.4) is 0 Å². The molecule has 0 fully saturated rings. The molecule has 5 heteroatoms. The van der Waals surface area contributed by atoms with E-state index in [4.69, 9.17) is 4.42 Å². The van der Waals surface area contributed by atoms with E-state index in [2.05, 4.69) is 143 Å². The third kappa shape index (κ3) is 3.37. The second kappa shape index (κ2) is 9.36. The number of hydrogen-bond acceptors (Lipinski definition) is 3. The number of thiophene rings is 1. The quantitative estimate of drug-likeness (QED) is 0.191. The van der Waals surface area contributed by atoms with Gasteiger partial charge in [0.15, 0.2) is 0 Å². The molecule has 0 saturated carbocycles. The van der Waals surface area contributed by atoms with Crippen LogP contribution in [0.15, 0.2) is 144 Å². The number of aromatic nitrogens is 2. The summed E-state index contributed by atoms with van der Waals surface area (Å²) in [6, 6.07) is 51.7. The van der Waals surface area contributed by atoms with Gasteiger partial charge >= 0.3 is 0 Å². The summed E-state index contributed by atoms with van der Waals surface area (Å²) >= 11 is 1.86. The average molecular weight is 630 g/mol. The van der Waals surface area contributed by atoms with Crippen molar-refractivity contribution in [3.63, 3.8) is 0 Å². The maximum absolute atomic E-state index is 9.61. The summed E-state index contributed by atoms with van der Waals surface area (Å²) in [5.41, 5.74) is 9.08. The van der Waals surface area contributed by atoms with E-state index in [1.54, 1.807) is 0 Å². The summed E-state index contributed by atoms with van der Waals surface area (Å²) in [7, 11) is 0. The van der Waals surface area contributed by atoms with Gasteiger partial charge in [0.05, 0.1) is 33.7 Å². The fourth-order valence-electron chi connectivity index (χ4n) is 7.90. The minimum absolute atomic E-state index is 0.659. The van der Waals surface area contributed by atoms with Crippen molar-refractivity contribution in [3.05, 3.63) is 145 Å². The van der Waals surface area contributed by atoms with Gasteiger partial charge in [0, 0.05) is 63.9 Å². The molecule has 4 aromatic heterocycles. The van der Waals surface area contributed by atoms with Crippen molar-refractivity contribution < 1.29 is 4.42 Å². The van der Waals surface area contributed by atoms with Crippen molar-refractivity contribution in [1.29, 1.82) is 5.26 Å². The molecule has 48 heavy (non-hydrogen) atoms. The van der Waals surface area contributed by atoms with E-state index in [0.29, 0.717) is 5.56 Å². The fourth-order valence-corrected chi connectivity index (χ4v) is 9.02. The van der Waals surface area contributed by atoms with Crippen molar-refractivity contribution in [1.82, 2.24) is 9.13 Å². The van der Waals surface area contributed by atoms with E-state index in [9.17, 15) is 5.26 Å². The number of benzene rings is 7. The first-order valence-corrected chi connectivity index (χ1v) is 16.8. The molecule has 0 saturated heterocycles. The van der Waals surface area contributed by atoms with E-state index in [1.807, 2.05) is 23.5 Å². The number of hydrogen-bond donors (Lipinski definition) is 0. The monoisotopic (exact) mass is 629 g/mol. The number of nitrogens with zero attached hydrogens (tertiary/aromatic N) is 3. The third-order valence-electron chi connectivity index (χ3n) is 9.93. The van der Waals surface area contributed by atoms with Gasteiger partial charge in [0.1, 0.15) is 11.2 Å². The molecule has 0 unspecified atom stereocenters. The molecule has 0 bridgehead atoms. The van der Waals surface area contributed by atoms with Gasteiger partial charge in [-0.2, -0.15) is 5.26 Å². The Morgan fingerprint density at radius 1 is 0.458 bits per heavy atom. The lowest BCUT2D eigenvalue weighted by Gasteiger charge is -2.09. The molecule has 0 radical (unpaired) electrons. The van der Waals surface area contributed by atoms with Crippen LogP contribution in [-0.4, -0.2) is 9.13 Å². The smallest absolute Gasteiger partial charge is 0.135 e. The highest BCUT2D eigenvalue weighted by Crippen LogP contribution is 2.44. The molecule has 0 aliphatic heterocycles. The van der Waals surface area contributed by atoms with Crippen molar-refractivity contribution >= 4 is 97.1 Å². The number of fused-ring (bicyclic) bond motifs is 13. The topological polar surface area (TPSA) is 46.8 Å². The van der Waals surface area contributed by atoms with Crippen LogP contribution in [-0.2, 0) is 0 Å². The van der Waals surface area contributed by atoms with Crippen LogP contribution in [0.5, 0.6) is 0 Å². The SMILES string of the molecule is N#Cc1ccc2c(c1)c1ccccc1n2-c1ccc2oc3ccc(-n4c5ccccc5c5c6c(ccc54)sc4ccccc46)cc3c2c1. The van der Waals surface area contributed by atoms with Crippen LogP contribution in [0.2, 0.25) is 0 Å². The van der Waals surface area contributed by atoms with Gasteiger partial charge in [0.25, 0.3) is 0 Å². The van der Waals surface area contributed by atoms with Crippen LogP contribution in [0.25, 0.3) is 97.1 Å². The zero-order chi connectivity index (χ0) is 31.5. The first-order valence-electron chi connectivity index (χ1n) is 16.0. The predicted molar refractivity (Wildman–Crippen MR) is 200 cm³/mol. The summed E-state index contributed by atoms with van der Waals surface area (Å²) in [5.74, 6) is 0. The molecule has 0 N–H and O–H groups in total. The van der Waals surface area contributed by atoms with E-state index in [0.717, 1.165) is 55.1 Å². The Hall–Kier alpha value is -6.35. The van der Waals surface area contributed by atoms with Gasteiger partial charge in [-0.15, -0.1) is 11.3 Å². The normalized spacial score (nSPS) is 12.1. The van der Waals surface area contributed by atoms with E-state index < -0.39 is 0 Å². The Bertz CT molecular complexity index is 3200. The second-order valence-corrected chi connectivity index (χ2v) is 13.5. The average Bonchev–Trinajstić information content (AvgIpc) is 3.88. The molecule has 7 aromatic carbocycles. The second-order valence-electron chi connectivity index (χ2n) is 12.4. The Labute approximate surface area is 277 Å². The van der Waals surface area contributed by atoms with E-state index in [1.165, 1.54) is 42.0 Å². The zero-order valence-corrected chi connectivity index (χ0v) is 26.3. The van der Waals surface area contributed by atoms with Crippen molar-refractivity contribution in [2.24, 2.45) is 0 Å². The minimum Gasteiger partial charge on any atom is -0.456 e. The van der Waals surface area contributed by atoms with Crippen LogP contribution in [0.4, 0.5) is 0 Å². The minimum atomic E-state index is 0.659. The number of furan rings is 1. The van der Waals surface area contributed by atoms with Gasteiger partial charge in [-0.3, -0.25) is 0 Å². The number of nitriles is 1. The van der Waals surface area contributed by atoms with Gasteiger partial charge < -0.3 is 13.6 Å². The van der Waals surface area contributed by atoms with Crippen molar-refractivity contribution in [2.75, 3.05) is 0 Å².